The number of nitrogens with zero attached hydrogens (tertiary/aromatic N) is 4. The molecule has 1 atom stereocenters. The average Bonchev–Trinajstić information content (AvgIpc) is 2.70. The van der Waals surface area contributed by atoms with Crippen molar-refractivity contribution in [2.45, 2.75) is 19.5 Å². The summed E-state index contributed by atoms with van der Waals surface area (Å²) in [6.45, 7) is 4.13. The van der Waals surface area contributed by atoms with Crippen molar-refractivity contribution in [3.8, 4) is 0 Å². The van der Waals surface area contributed by atoms with Crippen LogP contribution >= 0.6 is 0 Å². The minimum absolute atomic E-state index is 0.270. The molecule has 1 aromatic rings. The zero-order chi connectivity index (χ0) is 13.1. The molecule has 1 fully saturated rings. The Morgan fingerprint density at radius 2 is 2.33 bits per heavy atom. The van der Waals surface area contributed by atoms with Crippen LogP contribution in [0.25, 0.3) is 0 Å². The molecule has 1 unspecified atom stereocenters. The molecule has 1 aromatic heterocycles. The summed E-state index contributed by atoms with van der Waals surface area (Å²) in [4.78, 5) is 13.7. The fourth-order valence-electron chi connectivity index (χ4n) is 1.95. The minimum Gasteiger partial charge on any atom is -0.468 e. The molecule has 1 aliphatic heterocycles. The number of aromatic nitrogens is 3. The Hall–Kier alpha value is -1.47. The molecule has 0 aromatic carbocycles. The monoisotopic (exact) mass is 254 g/mol. The first kappa shape index (κ1) is 13.0. The Morgan fingerprint density at radius 1 is 1.56 bits per heavy atom. The van der Waals surface area contributed by atoms with Crippen LogP contribution in [0, 0.1) is 6.92 Å². The predicted octanol–water partition coefficient (Wildman–Crippen LogP) is -0.503. The molecule has 2 heterocycles. The van der Waals surface area contributed by atoms with Gasteiger partial charge in [0.25, 0.3) is 0 Å². The first-order chi connectivity index (χ1) is 8.63. The van der Waals surface area contributed by atoms with Gasteiger partial charge < -0.3 is 14.0 Å². The summed E-state index contributed by atoms with van der Waals surface area (Å²) < 4.78 is 12.0. The van der Waals surface area contributed by atoms with Crippen molar-refractivity contribution >= 4 is 5.97 Å². The van der Waals surface area contributed by atoms with Gasteiger partial charge in [0.2, 0.25) is 0 Å². The number of rotatable bonds is 3. The normalized spacial score (nSPS) is 20.9. The molecular formula is C11H18N4O3. The predicted molar refractivity (Wildman–Crippen MR) is 62.8 cm³/mol. The summed E-state index contributed by atoms with van der Waals surface area (Å²) in [5, 5.41) is 8.12. The maximum atomic E-state index is 11.7. The second kappa shape index (κ2) is 5.45. The quantitative estimate of drug-likeness (QED) is 0.677. The molecule has 0 N–H and O–H groups in total. The van der Waals surface area contributed by atoms with E-state index >= 15 is 0 Å². The van der Waals surface area contributed by atoms with Crippen molar-refractivity contribution in [3.05, 3.63) is 11.6 Å². The Morgan fingerprint density at radius 3 is 2.94 bits per heavy atom. The van der Waals surface area contributed by atoms with Crippen LogP contribution in [0.3, 0.4) is 0 Å². The zero-order valence-electron chi connectivity index (χ0n) is 10.9. The van der Waals surface area contributed by atoms with E-state index in [4.69, 9.17) is 9.47 Å². The van der Waals surface area contributed by atoms with Gasteiger partial charge in [0.1, 0.15) is 17.7 Å². The third-order valence-electron chi connectivity index (χ3n) is 3.24. The smallest absolute Gasteiger partial charge is 0.325 e. The molecular weight excluding hydrogens is 236 g/mol. The fourth-order valence-corrected chi connectivity index (χ4v) is 1.95. The third kappa shape index (κ3) is 2.51. The minimum atomic E-state index is -0.360. The zero-order valence-corrected chi connectivity index (χ0v) is 10.9. The molecule has 7 heteroatoms. The summed E-state index contributed by atoms with van der Waals surface area (Å²) >= 11 is 0. The number of methoxy groups -OCH3 is 1. The molecule has 0 saturated carbocycles. The maximum absolute atomic E-state index is 11.7. The molecule has 7 nitrogen and oxygen atoms in total. The van der Waals surface area contributed by atoms with Gasteiger partial charge in [-0.15, -0.1) is 10.2 Å². The highest BCUT2D eigenvalue weighted by molar-refractivity contribution is 5.75. The van der Waals surface area contributed by atoms with Crippen LogP contribution in [-0.4, -0.2) is 58.5 Å². The number of hydrogen-bond acceptors (Lipinski definition) is 6. The molecule has 0 bridgehead atoms. The number of ether oxygens (including phenoxy) is 2. The van der Waals surface area contributed by atoms with E-state index in [0.29, 0.717) is 26.3 Å². The van der Waals surface area contributed by atoms with E-state index in [9.17, 15) is 4.79 Å². The van der Waals surface area contributed by atoms with Gasteiger partial charge >= 0.3 is 5.97 Å². The largest absolute Gasteiger partial charge is 0.468 e. The van der Waals surface area contributed by atoms with Crippen LogP contribution in [0.2, 0.25) is 0 Å². The highest BCUT2D eigenvalue weighted by Gasteiger charge is 2.31. The highest BCUT2D eigenvalue weighted by atomic mass is 16.5. The molecule has 1 saturated heterocycles. The van der Waals surface area contributed by atoms with Gasteiger partial charge in [-0.3, -0.25) is 9.69 Å². The van der Waals surface area contributed by atoms with Crippen molar-refractivity contribution in [1.82, 2.24) is 19.7 Å². The summed E-state index contributed by atoms with van der Waals surface area (Å²) in [5.74, 6) is 1.42. The Balaban J connectivity index is 2.10. The van der Waals surface area contributed by atoms with Crippen LogP contribution < -0.4 is 0 Å². The molecule has 1 aliphatic rings. The number of hydrogen-bond donors (Lipinski definition) is 0. The maximum Gasteiger partial charge on any atom is 0.325 e. The molecule has 100 valence electrons. The Labute approximate surface area is 106 Å². The van der Waals surface area contributed by atoms with E-state index < -0.39 is 0 Å². The molecule has 0 radical (unpaired) electrons. The van der Waals surface area contributed by atoms with Crippen LogP contribution in [0.15, 0.2) is 0 Å². The van der Waals surface area contributed by atoms with Gasteiger partial charge in [-0.1, -0.05) is 0 Å². The lowest BCUT2D eigenvalue weighted by Gasteiger charge is -2.32. The SMILES string of the molecule is COC(=O)C1COCCN1Cc1nnc(C)n1C. The molecule has 18 heavy (non-hydrogen) atoms. The van der Waals surface area contributed by atoms with Crippen LogP contribution in [0.5, 0.6) is 0 Å². The van der Waals surface area contributed by atoms with Gasteiger partial charge in [0.05, 0.1) is 26.9 Å². The fraction of sp³-hybridized carbons (Fsp3) is 0.727. The van der Waals surface area contributed by atoms with Crippen molar-refractivity contribution in [2.24, 2.45) is 7.05 Å². The standard InChI is InChI=1S/C11H18N4O3/c1-8-12-13-10(14(8)2)6-15-4-5-18-7-9(15)11(16)17-3/h9H,4-7H2,1-3H3. The van der Waals surface area contributed by atoms with Crippen LogP contribution in [-0.2, 0) is 27.9 Å². The van der Waals surface area contributed by atoms with Crippen molar-refractivity contribution < 1.29 is 14.3 Å². The lowest BCUT2D eigenvalue weighted by molar-refractivity contribution is -0.153. The van der Waals surface area contributed by atoms with Gasteiger partial charge in [0.15, 0.2) is 0 Å². The summed E-state index contributed by atoms with van der Waals surface area (Å²) in [6.07, 6.45) is 0. The number of carbonyl (C=O) groups is 1. The first-order valence-electron chi connectivity index (χ1n) is 5.88. The number of morpholine rings is 1. The van der Waals surface area contributed by atoms with Crippen LogP contribution in [0.1, 0.15) is 11.6 Å². The Kier molecular flexibility index (Phi) is 3.93. The van der Waals surface area contributed by atoms with Gasteiger partial charge in [-0.25, -0.2) is 0 Å². The molecule has 2 rings (SSSR count). The van der Waals surface area contributed by atoms with Gasteiger partial charge in [-0.05, 0) is 6.92 Å². The molecule has 0 aliphatic carbocycles. The highest BCUT2D eigenvalue weighted by Crippen LogP contribution is 2.12. The lowest BCUT2D eigenvalue weighted by atomic mass is 10.2. The van der Waals surface area contributed by atoms with E-state index in [2.05, 4.69) is 10.2 Å². The summed E-state index contributed by atoms with van der Waals surface area (Å²) in [6, 6.07) is -0.360. The third-order valence-corrected chi connectivity index (χ3v) is 3.24. The van der Waals surface area contributed by atoms with Crippen molar-refractivity contribution in [1.29, 1.82) is 0 Å². The number of aryl methyl sites for hydroxylation is 1. The summed E-state index contributed by atoms with van der Waals surface area (Å²) in [7, 11) is 3.31. The van der Waals surface area contributed by atoms with E-state index in [1.807, 2.05) is 23.4 Å². The topological polar surface area (TPSA) is 69.5 Å². The summed E-state index contributed by atoms with van der Waals surface area (Å²) in [5.41, 5.74) is 0. The number of carbonyl (C=O) groups excluding carboxylic acids is 1. The van der Waals surface area contributed by atoms with E-state index in [-0.39, 0.29) is 12.0 Å². The van der Waals surface area contributed by atoms with Crippen molar-refractivity contribution in [2.75, 3.05) is 26.9 Å². The van der Waals surface area contributed by atoms with Gasteiger partial charge in [0, 0.05) is 13.6 Å². The van der Waals surface area contributed by atoms with Crippen molar-refractivity contribution in [3.63, 3.8) is 0 Å². The van der Waals surface area contributed by atoms with E-state index in [1.165, 1.54) is 7.11 Å². The average molecular weight is 254 g/mol. The first-order valence-corrected chi connectivity index (χ1v) is 5.88. The lowest BCUT2D eigenvalue weighted by Crippen LogP contribution is -2.50. The van der Waals surface area contributed by atoms with E-state index in [1.54, 1.807) is 0 Å². The van der Waals surface area contributed by atoms with Crippen LogP contribution in [0.4, 0.5) is 0 Å². The molecule has 0 spiro atoms. The molecule has 0 amide bonds. The van der Waals surface area contributed by atoms with Gasteiger partial charge in [-0.2, -0.15) is 0 Å². The Bertz CT molecular complexity index is 432. The second-order valence-electron chi connectivity index (χ2n) is 4.31. The second-order valence-corrected chi connectivity index (χ2v) is 4.31. The van der Waals surface area contributed by atoms with E-state index in [0.717, 1.165) is 11.6 Å². The number of esters is 1.